The minimum atomic E-state index is -0.517. The fourth-order valence-electron chi connectivity index (χ4n) is 2.19. The Bertz CT molecular complexity index is 735. The van der Waals surface area contributed by atoms with E-state index in [0.29, 0.717) is 6.54 Å². The molecular weight excluding hydrogens is 322 g/mol. The second-order valence-corrected chi connectivity index (χ2v) is 6.62. The monoisotopic (exact) mass is 343 g/mol. The number of rotatable bonds is 6. The predicted molar refractivity (Wildman–Crippen MR) is 96.7 cm³/mol. The second-order valence-electron chi connectivity index (χ2n) is 5.64. The van der Waals surface area contributed by atoms with Crippen molar-refractivity contribution in [3.8, 4) is 0 Å². The van der Waals surface area contributed by atoms with Gasteiger partial charge in [0.25, 0.3) is 5.91 Å². The summed E-state index contributed by atoms with van der Waals surface area (Å²) in [6.45, 7) is 4.30. The molecule has 2 aromatic rings. The molecule has 0 spiro atoms. The molecule has 24 heavy (non-hydrogen) atoms. The van der Waals surface area contributed by atoms with E-state index >= 15 is 0 Å². The van der Waals surface area contributed by atoms with E-state index in [0.717, 1.165) is 16.0 Å². The standard InChI is InChI=1S/C19H21NO3S/c1-14-6-7-16(15(2)11-14)12-20(3)18(21)13-23-19(22)9-8-17-5-4-10-24-17/h4-11H,12-13H2,1-3H3/b9-8+. The largest absolute Gasteiger partial charge is 0.452 e. The smallest absolute Gasteiger partial charge is 0.331 e. The Morgan fingerprint density at radius 1 is 1.25 bits per heavy atom. The quantitative estimate of drug-likeness (QED) is 0.595. The van der Waals surface area contributed by atoms with Crippen molar-refractivity contribution >= 4 is 29.3 Å². The van der Waals surface area contributed by atoms with Gasteiger partial charge in [-0.3, -0.25) is 4.79 Å². The SMILES string of the molecule is Cc1ccc(CN(C)C(=O)COC(=O)/C=C/c2cccs2)c(C)c1. The molecule has 1 aromatic heterocycles. The van der Waals surface area contributed by atoms with Crippen molar-refractivity contribution in [1.29, 1.82) is 0 Å². The molecule has 126 valence electrons. The fourth-order valence-corrected chi connectivity index (χ4v) is 2.81. The van der Waals surface area contributed by atoms with Gasteiger partial charge in [-0.2, -0.15) is 0 Å². The lowest BCUT2D eigenvalue weighted by Gasteiger charge is -2.18. The predicted octanol–water partition coefficient (Wildman–Crippen LogP) is 3.58. The third kappa shape index (κ3) is 5.35. The van der Waals surface area contributed by atoms with Gasteiger partial charge in [-0.05, 0) is 42.5 Å². The van der Waals surface area contributed by atoms with Gasteiger partial charge in [0.2, 0.25) is 0 Å². The van der Waals surface area contributed by atoms with Crippen LogP contribution in [0, 0.1) is 13.8 Å². The Morgan fingerprint density at radius 3 is 2.71 bits per heavy atom. The average Bonchev–Trinajstić information content (AvgIpc) is 3.06. The van der Waals surface area contributed by atoms with Crippen LogP contribution in [0.3, 0.4) is 0 Å². The Hall–Kier alpha value is -2.40. The zero-order valence-corrected chi connectivity index (χ0v) is 14.9. The number of ether oxygens (including phenoxy) is 1. The first-order valence-electron chi connectivity index (χ1n) is 7.64. The van der Waals surface area contributed by atoms with Crippen molar-refractivity contribution in [2.45, 2.75) is 20.4 Å². The molecule has 0 atom stereocenters. The molecule has 0 saturated heterocycles. The fraction of sp³-hybridized carbons (Fsp3) is 0.263. The van der Waals surface area contributed by atoms with Crippen LogP contribution < -0.4 is 0 Å². The minimum Gasteiger partial charge on any atom is -0.452 e. The summed E-state index contributed by atoms with van der Waals surface area (Å²) in [6.07, 6.45) is 3.01. The highest BCUT2D eigenvalue weighted by atomic mass is 32.1. The van der Waals surface area contributed by atoms with Crippen molar-refractivity contribution < 1.29 is 14.3 Å². The molecule has 0 aliphatic rings. The zero-order valence-electron chi connectivity index (χ0n) is 14.1. The molecule has 1 heterocycles. The van der Waals surface area contributed by atoms with E-state index in [1.165, 1.54) is 23.0 Å². The molecule has 5 heteroatoms. The van der Waals surface area contributed by atoms with Crippen LogP contribution in [0.15, 0.2) is 41.8 Å². The van der Waals surface area contributed by atoms with Crippen LogP contribution in [-0.2, 0) is 20.9 Å². The highest BCUT2D eigenvalue weighted by Crippen LogP contribution is 2.13. The number of likely N-dealkylation sites (N-methyl/N-ethyl adjacent to an activating group) is 1. The lowest BCUT2D eigenvalue weighted by molar-refractivity contribution is -0.147. The summed E-state index contributed by atoms with van der Waals surface area (Å²) in [4.78, 5) is 26.3. The number of benzene rings is 1. The van der Waals surface area contributed by atoms with Crippen molar-refractivity contribution in [1.82, 2.24) is 4.90 Å². The van der Waals surface area contributed by atoms with Crippen molar-refractivity contribution in [2.24, 2.45) is 0 Å². The van der Waals surface area contributed by atoms with Gasteiger partial charge in [0.1, 0.15) is 0 Å². The first kappa shape index (κ1) is 17.9. The zero-order chi connectivity index (χ0) is 17.5. The first-order valence-corrected chi connectivity index (χ1v) is 8.52. The van der Waals surface area contributed by atoms with Crippen LogP contribution in [0.2, 0.25) is 0 Å². The number of thiophene rings is 1. The van der Waals surface area contributed by atoms with E-state index in [-0.39, 0.29) is 12.5 Å². The van der Waals surface area contributed by atoms with Gasteiger partial charge < -0.3 is 9.64 Å². The number of esters is 1. The molecule has 1 aromatic carbocycles. The van der Waals surface area contributed by atoms with Gasteiger partial charge in [-0.25, -0.2) is 4.79 Å². The van der Waals surface area contributed by atoms with Crippen molar-refractivity contribution in [3.05, 3.63) is 63.4 Å². The summed E-state index contributed by atoms with van der Waals surface area (Å²) < 4.78 is 5.00. The molecule has 2 rings (SSSR count). The molecule has 1 amide bonds. The van der Waals surface area contributed by atoms with Gasteiger partial charge in [-0.1, -0.05) is 29.8 Å². The Kier molecular flexibility index (Phi) is 6.32. The minimum absolute atomic E-state index is 0.229. The van der Waals surface area contributed by atoms with E-state index in [1.807, 2.05) is 43.5 Å². The maximum absolute atomic E-state index is 12.1. The van der Waals surface area contributed by atoms with E-state index in [4.69, 9.17) is 4.74 Å². The molecule has 0 saturated carbocycles. The molecule has 4 nitrogen and oxygen atoms in total. The average molecular weight is 343 g/mol. The lowest BCUT2D eigenvalue weighted by Crippen LogP contribution is -2.30. The van der Waals surface area contributed by atoms with Gasteiger partial charge in [0.15, 0.2) is 6.61 Å². The summed E-state index contributed by atoms with van der Waals surface area (Å²) in [5.41, 5.74) is 3.42. The number of hydrogen-bond donors (Lipinski definition) is 0. The molecule has 0 aliphatic heterocycles. The summed E-state index contributed by atoms with van der Waals surface area (Å²) in [5, 5.41) is 1.93. The van der Waals surface area contributed by atoms with Gasteiger partial charge in [0, 0.05) is 24.5 Å². The molecule has 0 bridgehead atoms. The third-order valence-electron chi connectivity index (χ3n) is 3.60. The van der Waals surface area contributed by atoms with E-state index in [2.05, 4.69) is 6.07 Å². The van der Waals surface area contributed by atoms with E-state index < -0.39 is 5.97 Å². The van der Waals surface area contributed by atoms with E-state index in [1.54, 1.807) is 18.0 Å². The maximum atomic E-state index is 12.1. The molecular formula is C19H21NO3S. The first-order chi connectivity index (χ1) is 11.5. The summed E-state index contributed by atoms with van der Waals surface area (Å²) >= 11 is 1.53. The highest BCUT2D eigenvalue weighted by Gasteiger charge is 2.12. The third-order valence-corrected chi connectivity index (χ3v) is 4.43. The second kappa shape index (κ2) is 8.45. The van der Waals surface area contributed by atoms with Crippen LogP contribution in [0.1, 0.15) is 21.6 Å². The summed E-state index contributed by atoms with van der Waals surface area (Å²) in [6, 6.07) is 9.93. The molecule has 0 unspecified atom stereocenters. The van der Waals surface area contributed by atoms with Crippen LogP contribution in [0.4, 0.5) is 0 Å². The Labute approximate surface area is 146 Å². The maximum Gasteiger partial charge on any atom is 0.331 e. The van der Waals surface area contributed by atoms with Crippen molar-refractivity contribution in [2.75, 3.05) is 13.7 Å². The van der Waals surface area contributed by atoms with Gasteiger partial charge >= 0.3 is 5.97 Å². The van der Waals surface area contributed by atoms with Crippen molar-refractivity contribution in [3.63, 3.8) is 0 Å². The van der Waals surface area contributed by atoms with E-state index in [9.17, 15) is 9.59 Å². The molecule has 0 fully saturated rings. The number of aryl methyl sites for hydroxylation is 2. The molecule has 0 aliphatic carbocycles. The topological polar surface area (TPSA) is 46.6 Å². The molecule has 0 radical (unpaired) electrons. The number of carbonyl (C=O) groups excluding carboxylic acids is 2. The normalized spacial score (nSPS) is 10.8. The van der Waals surface area contributed by atoms with Gasteiger partial charge in [-0.15, -0.1) is 11.3 Å². The molecule has 0 N–H and O–H groups in total. The van der Waals surface area contributed by atoms with Crippen LogP contribution >= 0.6 is 11.3 Å². The van der Waals surface area contributed by atoms with Crippen LogP contribution in [0.5, 0.6) is 0 Å². The summed E-state index contributed by atoms with van der Waals surface area (Å²) in [5.74, 6) is -0.746. The summed E-state index contributed by atoms with van der Waals surface area (Å²) in [7, 11) is 1.71. The van der Waals surface area contributed by atoms with Crippen LogP contribution in [-0.4, -0.2) is 30.4 Å². The number of carbonyl (C=O) groups is 2. The Morgan fingerprint density at radius 2 is 2.04 bits per heavy atom. The number of hydrogen-bond acceptors (Lipinski definition) is 4. The number of amides is 1. The van der Waals surface area contributed by atoms with Gasteiger partial charge in [0.05, 0.1) is 0 Å². The number of nitrogens with zero attached hydrogens (tertiary/aromatic N) is 1. The Balaban J connectivity index is 1.82. The highest BCUT2D eigenvalue weighted by molar-refractivity contribution is 7.10. The van der Waals surface area contributed by atoms with Crippen LogP contribution in [0.25, 0.3) is 6.08 Å². The lowest BCUT2D eigenvalue weighted by atomic mass is 10.1.